The molecule has 0 saturated heterocycles. The van der Waals surface area contributed by atoms with Gasteiger partial charge in [-0.2, -0.15) is 0 Å². The summed E-state index contributed by atoms with van der Waals surface area (Å²) in [6.07, 6.45) is 1.58. The maximum absolute atomic E-state index is 11.6. The molecule has 0 aliphatic carbocycles. The minimum atomic E-state index is -0.503. The number of amides is 2. The fraction of sp³-hybridized carbons (Fsp3) is 0. The van der Waals surface area contributed by atoms with Crippen LogP contribution in [0.2, 0.25) is 0 Å². The standard InChI is InChI=1S/C10H7BrN4O3S/c11-8-5-12-10(19-8)14-9(16)13-6-1-3-7(4-2-6)15(17)18/h1-5H,(H2,12,13,14,16). The summed E-state index contributed by atoms with van der Waals surface area (Å²) < 4.78 is 0.804. The number of halogens is 1. The summed E-state index contributed by atoms with van der Waals surface area (Å²) in [5, 5.41) is 16.0. The van der Waals surface area contributed by atoms with Crippen LogP contribution in [-0.4, -0.2) is 15.9 Å². The lowest BCUT2D eigenvalue weighted by Crippen LogP contribution is -2.19. The Hall–Kier alpha value is -2.00. The number of hydrogen-bond acceptors (Lipinski definition) is 5. The van der Waals surface area contributed by atoms with Crippen molar-refractivity contribution < 1.29 is 9.72 Å². The molecule has 7 nitrogen and oxygen atoms in total. The van der Waals surface area contributed by atoms with Crippen molar-refractivity contribution in [2.24, 2.45) is 0 Å². The SMILES string of the molecule is O=C(Nc1ccc([N+](=O)[O-])cc1)Nc1ncc(Br)s1. The smallest absolute Gasteiger partial charge is 0.308 e. The molecule has 1 aromatic carbocycles. The van der Waals surface area contributed by atoms with Gasteiger partial charge in [-0.05, 0) is 28.1 Å². The molecule has 0 atom stereocenters. The molecule has 0 bridgehead atoms. The van der Waals surface area contributed by atoms with Gasteiger partial charge in [-0.15, -0.1) is 0 Å². The maximum atomic E-state index is 11.6. The maximum Gasteiger partial charge on any atom is 0.325 e. The van der Waals surface area contributed by atoms with Crippen molar-refractivity contribution >= 4 is 49.8 Å². The highest BCUT2D eigenvalue weighted by molar-refractivity contribution is 9.11. The fourth-order valence-corrected chi connectivity index (χ4v) is 2.34. The first kappa shape index (κ1) is 13.4. The number of aromatic nitrogens is 1. The van der Waals surface area contributed by atoms with Crippen LogP contribution >= 0.6 is 27.3 Å². The number of hydrogen-bond donors (Lipinski definition) is 2. The lowest BCUT2D eigenvalue weighted by Gasteiger charge is -2.04. The second-order valence-corrected chi connectivity index (χ2v) is 5.76. The van der Waals surface area contributed by atoms with Crippen molar-refractivity contribution in [3.63, 3.8) is 0 Å². The highest BCUT2D eigenvalue weighted by Gasteiger charge is 2.08. The van der Waals surface area contributed by atoms with Crippen molar-refractivity contribution in [2.45, 2.75) is 0 Å². The molecule has 2 amide bonds. The summed E-state index contributed by atoms with van der Waals surface area (Å²) in [6.45, 7) is 0. The predicted molar refractivity (Wildman–Crippen MR) is 75.6 cm³/mol. The second-order valence-electron chi connectivity index (χ2n) is 3.35. The van der Waals surface area contributed by atoms with E-state index in [0.29, 0.717) is 10.8 Å². The zero-order chi connectivity index (χ0) is 13.8. The van der Waals surface area contributed by atoms with Gasteiger partial charge in [0.1, 0.15) is 0 Å². The van der Waals surface area contributed by atoms with E-state index in [0.717, 1.165) is 3.79 Å². The third-order valence-electron chi connectivity index (χ3n) is 2.03. The molecule has 19 heavy (non-hydrogen) atoms. The summed E-state index contributed by atoms with van der Waals surface area (Å²) in [5.74, 6) is 0. The third-order valence-corrected chi connectivity index (χ3v) is 3.43. The van der Waals surface area contributed by atoms with E-state index >= 15 is 0 Å². The number of nitro benzene ring substituents is 1. The van der Waals surface area contributed by atoms with Gasteiger partial charge in [0.25, 0.3) is 5.69 Å². The highest BCUT2D eigenvalue weighted by atomic mass is 79.9. The van der Waals surface area contributed by atoms with E-state index in [2.05, 4.69) is 31.5 Å². The van der Waals surface area contributed by atoms with Gasteiger partial charge < -0.3 is 5.32 Å². The number of urea groups is 1. The summed E-state index contributed by atoms with van der Waals surface area (Å²) >= 11 is 4.51. The molecule has 2 aromatic rings. The number of non-ortho nitro benzene ring substituents is 1. The van der Waals surface area contributed by atoms with Crippen LogP contribution in [0.3, 0.4) is 0 Å². The van der Waals surface area contributed by atoms with Gasteiger partial charge >= 0.3 is 6.03 Å². The van der Waals surface area contributed by atoms with Gasteiger partial charge in [0.05, 0.1) is 14.9 Å². The third kappa shape index (κ3) is 3.73. The molecule has 0 unspecified atom stereocenters. The number of nitrogens with one attached hydrogen (secondary N) is 2. The summed E-state index contributed by atoms with van der Waals surface area (Å²) in [5.41, 5.74) is 0.425. The zero-order valence-electron chi connectivity index (χ0n) is 9.29. The summed E-state index contributed by atoms with van der Waals surface area (Å²) in [6, 6.07) is 5.08. The van der Waals surface area contributed by atoms with Crippen LogP contribution in [0.1, 0.15) is 0 Å². The van der Waals surface area contributed by atoms with Crippen LogP contribution in [0, 0.1) is 10.1 Å². The van der Waals surface area contributed by atoms with Crippen LogP contribution in [0.15, 0.2) is 34.2 Å². The Kier molecular flexibility index (Phi) is 4.07. The van der Waals surface area contributed by atoms with E-state index in [9.17, 15) is 14.9 Å². The van der Waals surface area contributed by atoms with Gasteiger partial charge in [0.15, 0.2) is 5.13 Å². The lowest BCUT2D eigenvalue weighted by atomic mass is 10.3. The van der Waals surface area contributed by atoms with E-state index in [1.54, 1.807) is 6.20 Å². The molecule has 9 heteroatoms. The number of nitrogens with zero attached hydrogens (tertiary/aromatic N) is 2. The van der Waals surface area contributed by atoms with Crippen LogP contribution in [-0.2, 0) is 0 Å². The van der Waals surface area contributed by atoms with E-state index in [-0.39, 0.29) is 5.69 Å². The molecule has 0 fully saturated rings. The van der Waals surface area contributed by atoms with Crippen molar-refractivity contribution in [3.8, 4) is 0 Å². The lowest BCUT2D eigenvalue weighted by molar-refractivity contribution is -0.384. The second kappa shape index (κ2) is 5.76. The average Bonchev–Trinajstić information content (AvgIpc) is 2.75. The number of anilines is 2. The predicted octanol–water partition coefficient (Wildman–Crippen LogP) is 3.46. The molecule has 0 spiro atoms. The normalized spacial score (nSPS) is 9.95. The van der Waals surface area contributed by atoms with Crippen LogP contribution < -0.4 is 10.6 Å². The van der Waals surface area contributed by atoms with Crippen LogP contribution in [0.25, 0.3) is 0 Å². The topological polar surface area (TPSA) is 97.2 Å². The van der Waals surface area contributed by atoms with Gasteiger partial charge in [0, 0.05) is 17.8 Å². The van der Waals surface area contributed by atoms with Gasteiger partial charge in [-0.3, -0.25) is 15.4 Å². The summed E-state index contributed by atoms with van der Waals surface area (Å²) in [7, 11) is 0. The number of carbonyl (C=O) groups excluding carboxylic acids is 1. The molecule has 0 aliphatic rings. The molecule has 0 radical (unpaired) electrons. The molecule has 0 aliphatic heterocycles. The van der Waals surface area contributed by atoms with Crippen molar-refractivity contribution in [3.05, 3.63) is 44.4 Å². The molecule has 1 heterocycles. The first-order valence-electron chi connectivity index (χ1n) is 4.98. The minimum Gasteiger partial charge on any atom is -0.308 e. The molecule has 2 N–H and O–H groups in total. The number of thiazole rings is 1. The van der Waals surface area contributed by atoms with Crippen molar-refractivity contribution in [2.75, 3.05) is 10.6 Å². The largest absolute Gasteiger partial charge is 0.325 e. The van der Waals surface area contributed by atoms with E-state index in [4.69, 9.17) is 0 Å². The van der Waals surface area contributed by atoms with Gasteiger partial charge in [0.2, 0.25) is 0 Å². The van der Waals surface area contributed by atoms with E-state index < -0.39 is 11.0 Å². The summed E-state index contributed by atoms with van der Waals surface area (Å²) in [4.78, 5) is 25.5. The quantitative estimate of drug-likeness (QED) is 0.659. The van der Waals surface area contributed by atoms with E-state index in [1.807, 2.05) is 0 Å². The number of nitro groups is 1. The molecular weight excluding hydrogens is 336 g/mol. The Morgan fingerprint density at radius 3 is 2.53 bits per heavy atom. The number of carbonyl (C=O) groups is 1. The van der Waals surface area contributed by atoms with Crippen molar-refractivity contribution in [1.29, 1.82) is 0 Å². The Morgan fingerprint density at radius 1 is 1.32 bits per heavy atom. The van der Waals surface area contributed by atoms with Gasteiger partial charge in [-0.1, -0.05) is 11.3 Å². The van der Waals surface area contributed by atoms with Crippen LogP contribution in [0.4, 0.5) is 21.3 Å². The van der Waals surface area contributed by atoms with E-state index in [1.165, 1.54) is 35.6 Å². The number of rotatable bonds is 3. The zero-order valence-corrected chi connectivity index (χ0v) is 11.7. The number of benzene rings is 1. The highest BCUT2D eigenvalue weighted by Crippen LogP contribution is 2.23. The molecular formula is C10H7BrN4O3S. The molecule has 0 saturated carbocycles. The van der Waals surface area contributed by atoms with Crippen LogP contribution in [0.5, 0.6) is 0 Å². The first-order chi connectivity index (χ1) is 9.04. The minimum absolute atomic E-state index is 0.0326. The van der Waals surface area contributed by atoms with Crippen molar-refractivity contribution in [1.82, 2.24) is 4.98 Å². The monoisotopic (exact) mass is 342 g/mol. The Labute approximate surface area is 119 Å². The fourth-order valence-electron chi connectivity index (χ4n) is 1.24. The molecule has 98 valence electrons. The molecule has 2 rings (SSSR count). The first-order valence-corrected chi connectivity index (χ1v) is 6.59. The Balaban J connectivity index is 1.97. The Bertz CT molecular complexity index is 613. The average molecular weight is 343 g/mol. The van der Waals surface area contributed by atoms with Gasteiger partial charge in [-0.25, -0.2) is 9.78 Å². The Morgan fingerprint density at radius 2 is 2.00 bits per heavy atom. The molecule has 1 aromatic heterocycles.